The van der Waals surface area contributed by atoms with Crippen molar-refractivity contribution >= 4 is 17.8 Å². The van der Waals surface area contributed by atoms with Crippen LogP contribution < -0.4 is 5.32 Å². The fourth-order valence-electron chi connectivity index (χ4n) is 2.55. The van der Waals surface area contributed by atoms with Gasteiger partial charge in [0.1, 0.15) is 5.75 Å². The molecule has 0 aliphatic carbocycles. The largest absolute Gasteiger partial charge is 0.508 e. The summed E-state index contributed by atoms with van der Waals surface area (Å²) in [5.41, 5.74) is 1.11. The van der Waals surface area contributed by atoms with Crippen LogP contribution in [0.2, 0.25) is 0 Å². The first-order valence-corrected chi connectivity index (χ1v) is 9.10. The molecule has 1 heterocycles. The Morgan fingerprint density at radius 3 is 2.77 bits per heavy atom. The molecule has 1 saturated heterocycles. The number of rotatable bonds is 6. The normalized spacial score (nSPS) is 15.8. The van der Waals surface area contributed by atoms with Crippen molar-refractivity contribution < 1.29 is 9.90 Å². The number of urea groups is 1. The van der Waals surface area contributed by atoms with Crippen molar-refractivity contribution in [2.24, 2.45) is 0 Å². The Kier molecular flexibility index (Phi) is 6.86. The Bertz CT molecular complexity index is 476. The molecule has 0 saturated carbocycles. The van der Waals surface area contributed by atoms with Gasteiger partial charge in [0.05, 0.1) is 0 Å². The molecule has 1 aliphatic heterocycles. The molecule has 1 aliphatic rings. The quantitative estimate of drug-likeness (QED) is 0.786. The summed E-state index contributed by atoms with van der Waals surface area (Å²) in [5, 5.41) is 12.5. The van der Waals surface area contributed by atoms with Gasteiger partial charge in [-0.1, -0.05) is 12.1 Å². The number of hydrogen-bond donors (Lipinski definition) is 2. The van der Waals surface area contributed by atoms with Crippen LogP contribution in [0.3, 0.4) is 0 Å². The molecule has 6 heteroatoms. The number of benzene rings is 1. The second kappa shape index (κ2) is 8.90. The highest BCUT2D eigenvalue weighted by Gasteiger charge is 2.20. The topological polar surface area (TPSA) is 55.8 Å². The zero-order chi connectivity index (χ0) is 15.8. The summed E-state index contributed by atoms with van der Waals surface area (Å²) in [7, 11) is 0. The standard InChI is InChI=1S/C16H25N3O2S/c1-22-11-3-6-17-16(21)19-9-7-18(8-10-19)13-14-4-2-5-15(20)12-14/h2,4-5,12,20H,3,6-11,13H2,1H3,(H,17,21). The molecule has 2 rings (SSSR count). The molecule has 0 radical (unpaired) electrons. The lowest BCUT2D eigenvalue weighted by atomic mass is 10.2. The van der Waals surface area contributed by atoms with Crippen LogP contribution in [0.1, 0.15) is 12.0 Å². The molecule has 0 aromatic heterocycles. The third-order valence-corrected chi connectivity index (χ3v) is 4.47. The molecule has 2 N–H and O–H groups in total. The van der Waals surface area contributed by atoms with Gasteiger partial charge in [-0.2, -0.15) is 11.8 Å². The Balaban J connectivity index is 1.70. The summed E-state index contributed by atoms with van der Waals surface area (Å²) in [6, 6.07) is 7.42. The molecule has 1 aromatic rings. The maximum absolute atomic E-state index is 12.0. The van der Waals surface area contributed by atoms with Crippen LogP contribution in [0.15, 0.2) is 24.3 Å². The number of piperazine rings is 1. The van der Waals surface area contributed by atoms with Crippen molar-refractivity contribution in [3.63, 3.8) is 0 Å². The predicted molar refractivity (Wildman–Crippen MR) is 91.4 cm³/mol. The van der Waals surface area contributed by atoms with Crippen LogP contribution in [0, 0.1) is 0 Å². The highest BCUT2D eigenvalue weighted by atomic mass is 32.2. The molecule has 2 amide bonds. The van der Waals surface area contributed by atoms with Crippen LogP contribution in [0.4, 0.5) is 4.79 Å². The number of amides is 2. The zero-order valence-corrected chi connectivity index (χ0v) is 13.9. The summed E-state index contributed by atoms with van der Waals surface area (Å²) >= 11 is 1.80. The first-order valence-electron chi connectivity index (χ1n) is 7.71. The van der Waals surface area contributed by atoms with Crippen molar-refractivity contribution in [1.82, 2.24) is 15.1 Å². The van der Waals surface area contributed by atoms with Crippen molar-refractivity contribution in [2.45, 2.75) is 13.0 Å². The Morgan fingerprint density at radius 2 is 2.09 bits per heavy atom. The number of phenols is 1. The summed E-state index contributed by atoms with van der Waals surface area (Å²) < 4.78 is 0. The van der Waals surface area contributed by atoms with E-state index >= 15 is 0 Å². The van der Waals surface area contributed by atoms with Gasteiger partial charge in [0.2, 0.25) is 0 Å². The number of nitrogens with zero attached hydrogens (tertiary/aromatic N) is 2. The first-order chi connectivity index (χ1) is 10.7. The van der Waals surface area contributed by atoms with Crippen LogP contribution in [0.25, 0.3) is 0 Å². The fourth-order valence-corrected chi connectivity index (χ4v) is 2.98. The lowest BCUT2D eigenvalue weighted by molar-refractivity contribution is 0.135. The smallest absolute Gasteiger partial charge is 0.317 e. The van der Waals surface area contributed by atoms with E-state index in [1.165, 1.54) is 0 Å². The van der Waals surface area contributed by atoms with Crippen molar-refractivity contribution in [3.05, 3.63) is 29.8 Å². The molecule has 1 aromatic carbocycles. The van der Waals surface area contributed by atoms with E-state index in [-0.39, 0.29) is 6.03 Å². The fraction of sp³-hybridized carbons (Fsp3) is 0.562. The van der Waals surface area contributed by atoms with E-state index in [4.69, 9.17) is 0 Å². The van der Waals surface area contributed by atoms with E-state index in [0.29, 0.717) is 5.75 Å². The summed E-state index contributed by atoms with van der Waals surface area (Å²) in [4.78, 5) is 16.2. The second-order valence-electron chi connectivity index (χ2n) is 5.51. The molecule has 5 nitrogen and oxygen atoms in total. The van der Waals surface area contributed by atoms with Gasteiger partial charge in [0.15, 0.2) is 0 Å². The van der Waals surface area contributed by atoms with Crippen LogP contribution in [-0.4, -0.2) is 65.7 Å². The maximum atomic E-state index is 12.0. The van der Waals surface area contributed by atoms with Crippen molar-refractivity contribution in [2.75, 3.05) is 44.7 Å². The minimum absolute atomic E-state index is 0.0538. The van der Waals surface area contributed by atoms with E-state index in [1.807, 2.05) is 17.0 Å². The van der Waals surface area contributed by atoms with Gasteiger partial charge in [-0.3, -0.25) is 4.90 Å². The number of carbonyl (C=O) groups is 1. The monoisotopic (exact) mass is 323 g/mol. The summed E-state index contributed by atoms with van der Waals surface area (Å²) in [5.74, 6) is 1.39. The van der Waals surface area contributed by atoms with Gasteiger partial charge in [-0.15, -0.1) is 0 Å². The Hall–Kier alpha value is -1.40. The molecule has 22 heavy (non-hydrogen) atoms. The number of nitrogens with one attached hydrogen (secondary N) is 1. The average Bonchev–Trinajstić information content (AvgIpc) is 2.52. The lowest BCUT2D eigenvalue weighted by Crippen LogP contribution is -2.51. The predicted octanol–water partition coefficient (Wildman–Crippen LogP) is 1.97. The van der Waals surface area contributed by atoms with Crippen LogP contribution >= 0.6 is 11.8 Å². The summed E-state index contributed by atoms with van der Waals surface area (Å²) in [6.45, 7) is 4.82. The number of aromatic hydroxyl groups is 1. The number of carbonyl (C=O) groups excluding carboxylic acids is 1. The Labute approximate surface area is 136 Å². The zero-order valence-electron chi connectivity index (χ0n) is 13.1. The van der Waals surface area contributed by atoms with Crippen molar-refractivity contribution in [3.8, 4) is 5.75 Å². The Morgan fingerprint density at radius 1 is 1.32 bits per heavy atom. The van der Waals surface area contributed by atoms with Gasteiger partial charge in [-0.25, -0.2) is 4.79 Å². The third-order valence-electron chi connectivity index (χ3n) is 3.78. The van der Waals surface area contributed by atoms with E-state index < -0.39 is 0 Å². The maximum Gasteiger partial charge on any atom is 0.317 e. The highest BCUT2D eigenvalue weighted by Crippen LogP contribution is 2.14. The van der Waals surface area contributed by atoms with Gasteiger partial charge in [-0.05, 0) is 36.1 Å². The average molecular weight is 323 g/mol. The van der Waals surface area contributed by atoms with E-state index in [0.717, 1.165) is 57.0 Å². The molecule has 122 valence electrons. The van der Waals surface area contributed by atoms with Gasteiger partial charge in [0, 0.05) is 39.3 Å². The SMILES string of the molecule is CSCCCNC(=O)N1CCN(Cc2cccc(O)c2)CC1. The number of hydrogen-bond acceptors (Lipinski definition) is 4. The van der Waals surface area contributed by atoms with Crippen LogP contribution in [0.5, 0.6) is 5.75 Å². The molecule has 0 spiro atoms. The lowest BCUT2D eigenvalue weighted by Gasteiger charge is -2.34. The molecular weight excluding hydrogens is 298 g/mol. The van der Waals surface area contributed by atoms with Gasteiger partial charge < -0.3 is 15.3 Å². The molecule has 0 bridgehead atoms. The molecular formula is C16H25N3O2S. The molecule has 1 fully saturated rings. The minimum Gasteiger partial charge on any atom is -0.508 e. The van der Waals surface area contributed by atoms with Gasteiger partial charge >= 0.3 is 6.03 Å². The van der Waals surface area contributed by atoms with Crippen LogP contribution in [-0.2, 0) is 6.54 Å². The van der Waals surface area contributed by atoms with E-state index in [1.54, 1.807) is 23.9 Å². The van der Waals surface area contributed by atoms with Gasteiger partial charge in [0.25, 0.3) is 0 Å². The third kappa shape index (κ3) is 5.42. The summed E-state index contributed by atoms with van der Waals surface area (Å²) in [6.07, 6.45) is 3.10. The van der Waals surface area contributed by atoms with E-state index in [9.17, 15) is 9.90 Å². The van der Waals surface area contributed by atoms with E-state index in [2.05, 4.69) is 16.5 Å². The second-order valence-corrected chi connectivity index (χ2v) is 6.50. The highest BCUT2D eigenvalue weighted by molar-refractivity contribution is 7.98. The minimum atomic E-state index is 0.0538. The molecule has 0 atom stereocenters. The van der Waals surface area contributed by atoms with Crippen molar-refractivity contribution in [1.29, 1.82) is 0 Å². The first kappa shape index (κ1) is 17.0. The number of thioether (sulfide) groups is 1. The molecule has 0 unspecified atom stereocenters. The number of phenolic OH excluding ortho intramolecular Hbond substituents is 1.